The highest BCUT2D eigenvalue weighted by atomic mass is 16.7. The molecule has 0 saturated carbocycles. The number of hydrogen-bond acceptors (Lipinski definition) is 2. The second-order valence-corrected chi connectivity index (χ2v) is 3.96. The summed E-state index contributed by atoms with van der Waals surface area (Å²) in [5.41, 5.74) is 1.13. The van der Waals surface area contributed by atoms with Crippen molar-refractivity contribution in [2.45, 2.75) is 33.0 Å². The van der Waals surface area contributed by atoms with Gasteiger partial charge in [0.2, 0.25) is 5.79 Å². The van der Waals surface area contributed by atoms with E-state index in [9.17, 15) is 0 Å². The van der Waals surface area contributed by atoms with Gasteiger partial charge in [0.15, 0.2) is 0 Å². The molecule has 0 amide bonds. The quantitative estimate of drug-likeness (QED) is 0.554. The number of ether oxygens (including phenoxy) is 2. The van der Waals surface area contributed by atoms with Crippen molar-refractivity contribution in [2.24, 2.45) is 0 Å². The molecular formula is C14H20O2. The molecule has 2 nitrogen and oxygen atoms in total. The number of rotatable bonds is 5. The lowest BCUT2D eigenvalue weighted by Gasteiger charge is -2.28. The van der Waals surface area contributed by atoms with E-state index in [1.165, 1.54) is 0 Å². The summed E-state index contributed by atoms with van der Waals surface area (Å²) in [5.74, 6) is 0.326. The van der Waals surface area contributed by atoms with Gasteiger partial charge in [-0.1, -0.05) is 37.3 Å². The summed E-state index contributed by atoms with van der Waals surface area (Å²) in [6, 6.07) is 10.1. The summed E-state index contributed by atoms with van der Waals surface area (Å²) in [6.07, 6.45) is 2.82. The fraction of sp³-hybridized carbons (Fsp3) is 0.429. The molecule has 1 unspecified atom stereocenters. The zero-order chi connectivity index (χ0) is 12.0. The van der Waals surface area contributed by atoms with E-state index in [4.69, 9.17) is 9.47 Å². The zero-order valence-corrected chi connectivity index (χ0v) is 10.5. The molecule has 0 fully saturated rings. The van der Waals surface area contributed by atoms with Gasteiger partial charge in [-0.25, -0.2) is 0 Å². The van der Waals surface area contributed by atoms with E-state index < -0.39 is 5.79 Å². The summed E-state index contributed by atoms with van der Waals surface area (Å²) < 4.78 is 11.1. The van der Waals surface area contributed by atoms with Crippen LogP contribution in [-0.4, -0.2) is 12.9 Å². The van der Waals surface area contributed by atoms with Gasteiger partial charge in [0.25, 0.3) is 0 Å². The van der Waals surface area contributed by atoms with Crippen molar-refractivity contribution >= 4 is 6.08 Å². The molecule has 0 saturated heterocycles. The van der Waals surface area contributed by atoms with E-state index in [-0.39, 0.29) is 0 Å². The van der Waals surface area contributed by atoms with Crippen molar-refractivity contribution < 1.29 is 9.47 Å². The van der Waals surface area contributed by atoms with Gasteiger partial charge in [0, 0.05) is 20.5 Å². The fourth-order valence-electron chi connectivity index (χ4n) is 1.41. The number of allylic oxidation sites excluding steroid dienone is 1. The lowest BCUT2D eigenvalue weighted by Crippen LogP contribution is -2.29. The molecule has 0 spiro atoms. The van der Waals surface area contributed by atoms with E-state index in [0.717, 1.165) is 17.7 Å². The van der Waals surface area contributed by atoms with Gasteiger partial charge in [-0.2, -0.15) is 0 Å². The summed E-state index contributed by atoms with van der Waals surface area (Å²) in [6.45, 7) is 5.93. The first-order valence-corrected chi connectivity index (χ1v) is 5.57. The van der Waals surface area contributed by atoms with Crippen molar-refractivity contribution in [1.82, 2.24) is 0 Å². The molecule has 16 heavy (non-hydrogen) atoms. The maximum absolute atomic E-state index is 5.78. The average molecular weight is 220 g/mol. The molecule has 2 heteroatoms. The molecule has 0 aromatic heterocycles. The van der Waals surface area contributed by atoms with Crippen LogP contribution in [0.1, 0.15) is 32.8 Å². The molecule has 0 heterocycles. The van der Waals surface area contributed by atoms with Crippen LogP contribution in [0.2, 0.25) is 0 Å². The predicted octanol–water partition coefficient (Wildman–Crippen LogP) is 3.84. The average Bonchev–Trinajstić information content (AvgIpc) is 2.30. The van der Waals surface area contributed by atoms with Crippen LogP contribution in [-0.2, 0) is 9.47 Å². The molecule has 0 aliphatic rings. The van der Waals surface area contributed by atoms with Crippen molar-refractivity contribution in [3.05, 3.63) is 41.7 Å². The third-order valence-corrected chi connectivity index (χ3v) is 2.62. The van der Waals surface area contributed by atoms with Gasteiger partial charge >= 0.3 is 0 Å². The standard InChI is InChI=1S/C14H20O2/c1-5-14(3,15-4)16-12(2)11-13-9-7-6-8-10-13/h6-11H,5H2,1-4H3. The van der Waals surface area contributed by atoms with Crippen LogP contribution in [0.5, 0.6) is 0 Å². The van der Waals surface area contributed by atoms with Crippen LogP contribution >= 0.6 is 0 Å². The molecular weight excluding hydrogens is 200 g/mol. The second-order valence-electron chi connectivity index (χ2n) is 3.96. The van der Waals surface area contributed by atoms with Gasteiger partial charge in [0.05, 0.1) is 5.76 Å². The third kappa shape index (κ3) is 3.70. The van der Waals surface area contributed by atoms with Gasteiger partial charge in [-0.3, -0.25) is 0 Å². The number of benzene rings is 1. The molecule has 0 radical (unpaired) electrons. The Balaban J connectivity index is 2.72. The summed E-state index contributed by atoms with van der Waals surface area (Å²) in [5, 5.41) is 0. The van der Waals surface area contributed by atoms with Crippen LogP contribution in [0.15, 0.2) is 36.1 Å². The van der Waals surface area contributed by atoms with E-state index in [0.29, 0.717) is 0 Å². The second kappa shape index (κ2) is 5.71. The Kier molecular flexibility index (Phi) is 4.56. The number of methoxy groups -OCH3 is 1. The highest BCUT2D eigenvalue weighted by Gasteiger charge is 2.22. The monoisotopic (exact) mass is 220 g/mol. The lowest BCUT2D eigenvalue weighted by molar-refractivity contribution is -0.186. The Labute approximate surface area is 97.9 Å². The van der Waals surface area contributed by atoms with Crippen LogP contribution in [0.3, 0.4) is 0 Å². The molecule has 0 bridgehead atoms. The van der Waals surface area contributed by atoms with Crippen molar-refractivity contribution in [1.29, 1.82) is 0 Å². The molecule has 0 N–H and O–H groups in total. The first kappa shape index (κ1) is 12.8. The van der Waals surface area contributed by atoms with E-state index >= 15 is 0 Å². The van der Waals surface area contributed by atoms with Crippen molar-refractivity contribution in [2.75, 3.05) is 7.11 Å². The van der Waals surface area contributed by atoms with Crippen LogP contribution in [0.25, 0.3) is 6.08 Å². The molecule has 1 rings (SSSR count). The SMILES string of the molecule is CCC(C)(OC)OC(C)=Cc1ccccc1. The Morgan fingerprint density at radius 1 is 1.31 bits per heavy atom. The van der Waals surface area contributed by atoms with Crippen LogP contribution in [0.4, 0.5) is 0 Å². The minimum absolute atomic E-state index is 0.532. The normalized spacial score (nSPS) is 15.6. The van der Waals surface area contributed by atoms with Gasteiger partial charge in [-0.15, -0.1) is 0 Å². The van der Waals surface area contributed by atoms with Crippen LogP contribution < -0.4 is 0 Å². The predicted molar refractivity (Wildman–Crippen MR) is 66.9 cm³/mol. The Morgan fingerprint density at radius 2 is 1.94 bits per heavy atom. The molecule has 1 aromatic carbocycles. The Bertz CT molecular complexity index is 337. The van der Waals surface area contributed by atoms with Crippen LogP contribution in [0, 0.1) is 0 Å². The van der Waals surface area contributed by atoms with Crippen molar-refractivity contribution in [3.63, 3.8) is 0 Å². The van der Waals surface area contributed by atoms with E-state index in [1.54, 1.807) is 7.11 Å². The van der Waals surface area contributed by atoms with Gasteiger partial charge in [-0.05, 0) is 18.6 Å². The fourth-order valence-corrected chi connectivity index (χ4v) is 1.41. The summed E-state index contributed by atoms with van der Waals surface area (Å²) in [4.78, 5) is 0. The Morgan fingerprint density at radius 3 is 2.44 bits per heavy atom. The third-order valence-electron chi connectivity index (χ3n) is 2.62. The maximum atomic E-state index is 5.78. The maximum Gasteiger partial charge on any atom is 0.206 e. The lowest BCUT2D eigenvalue weighted by atomic mass is 10.2. The highest BCUT2D eigenvalue weighted by Crippen LogP contribution is 2.21. The first-order valence-electron chi connectivity index (χ1n) is 5.57. The first-order chi connectivity index (χ1) is 7.59. The zero-order valence-electron chi connectivity index (χ0n) is 10.5. The molecule has 0 aliphatic heterocycles. The number of hydrogen-bond donors (Lipinski definition) is 0. The minimum Gasteiger partial charge on any atom is -0.467 e. The van der Waals surface area contributed by atoms with E-state index in [1.807, 2.05) is 57.2 Å². The molecule has 1 aromatic rings. The highest BCUT2D eigenvalue weighted by molar-refractivity contribution is 5.50. The largest absolute Gasteiger partial charge is 0.467 e. The molecule has 1 atom stereocenters. The van der Waals surface area contributed by atoms with Gasteiger partial charge in [0.1, 0.15) is 0 Å². The van der Waals surface area contributed by atoms with Gasteiger partial charge < -0.3 is 9.47 Å². The molecule has 88 valence electrons. The summed E-state index contributed by atoms with van der Waals surface area (Å²) >= 11 is 0. The topological polar surface area (TPSA) is 18.5 Å². The van der Waals surface area contributed by atoms with E-state index in [2.05, 4.69) is 0 Å². The smallest absolute Gasteiger partial charge is 0.206 e. The summed E-state index contributed by atoms with van der Waals surface area (Å²) in [7, 11) is 1.67. The van der Waals surface area contributed by atoms with Crippen molar-refractivity contribution in [3.8, 4) is 0 Å². The Hall–Kier alpha value is -1.28. The molecule has 0 aliphatic carbocycles. The minimum atomic E-state index is -0.532.